The third-order valence-electron chi connectivity index (χ3n) is 3.66. The summed E-state index contributed by atoms with van der Waals surface area (Å²) in [5, 5.41) is 0.804. The average molecular weight is 288 g/mol. The predicted molar refractivity (Wildman–Crippen MR) is 83.2 cm³/mol. The van der Waals surface area contributed by atoms with Crippen molar-refractivity contribution < 1.29 is 0 Å². The van der Waals surface area contributed by atoms with Crippen LogP contribution in [0.3, 0.4) is 0 Å². The van der Waals surface area contributed by atoms with Gasteiger partial charge in [-0.05, 0) is 30.3 Å². The summed E-state index contributed by atoms with van der Waals surface area (Å²) >= 11 is 6.05. The Hall–Kier alpha value is -1.58. The van der Waals surface area contributed by atoms with Gasteiger partial charge in [0.05, 0.1) is 5.69 Å². The van der Waals surface area contributed by atoms with Crippen molar-refractivity contribution in [3.63, 3.8) is 0 Å². The van der Waals surface area contributed by atoms with Gasteiger partial charge in [-0.1, -0.05) is 23.7 Å². The van der Waals surface area contributed by atoms with Crippen LogP contribution in [0, 0.1) is 0 Å². The fourth-order valence-electron chi connectivity index (χ4n) is 2.56. The molecule has 2 heterocycles. The van der Waals surface area contributed by atoms with Gasteiger partial charge in [-0.25, -0.2) is 0 Å². The van der Waals surface area contributed by atoms with Gasteiger partial charge in [0.15, 0.2) is 0 Å². The maximum atomic E-state index is 6.05. The molecule has 1 aromatic heterocycles. The summed E-state index contributed by atoms with van der Waals surface area (Å²) in [4.78, 5) is 9.23. The highest BCUT2D eigenvalue weighted by Crippen LogP contribution is 2.21. The highest BCUT2D eigenvalue weighted by molar-refractivity contribution is 6.30. The molecule has 0 bridgehead atoms. The minimum absolute atomic E-state index is 0.804. The summed E-state index contributed by atoms with van der Waals surface area (Å²) in [5.41, 5.74) is 2.36. The van der Waals surface area contributed by atoms with Crippen LogP contribution >= 0.6 is 11.6 Å². The molecule has 0 unspecified atom stereocenters. The summed E-state index contributed by atoms with van der Waals surface area (Å²) in [7, 11) is 0. The van der Waals surface area contributed by atoms with Crippen LogP contribution in [0.5, 0.6) is 0 Å². The van der Waals surface area contributed by atoms with Gasteiger partial charge in [-0.15, -0.1) is 0 Å². The first-order chi connectivity index (χ1) is 9.81. The number of pyridine rings is 1. The minimum atomic E-state index is 0.804. The summed E-state index contributed by atoms with van der Waals surface area (Å²) in [5.74, 6) is 0. The van der Waals surface area contributed by atoms with Crippen molar-refractivity contribution >= 4 is 17.3 Å². The van der Waals surface area contributed by atoms with Gasteiger partial charge in [0.1, 0.15) is 0 Å². The third-order valence-corrected chi connectivity index (χ3v) is 3.89. The highest BCUT2D eigenvalue weighted by Gasteiger charge is 2.17. The lowest BCUT2D eigenvalue weighted by Gasteiger charge is -2.36. The van der Waals surface area contributed by atoms with Crippen molar-refractivity contribution in [3.05, 3.63) is 59.4 Å². The summed E-state index contributed by atoms with van der Waals surface area (Å²) in [6, 6.07) is 14.2. The average Bonchev–Trinajstić information content (AvgIpc) is 2.49. The molecule has 0 aliphatic carbocycles. The lowest BCUT2D eigenvalue weighted by atomic mass is 10.2. The van der Waals surface area contributed by atoms with Crippen LogP contribution in [-0.2, 0) is 6.54 Å². The zero-order valence-electron chi connectivity index (χ0n) is 11.4. The first-order valence-corrected chi connectivity index (χ1v) is 7.32. The predicted octanol–water partition coefficient (Wildman–Crippen LogP) is 3.06. The number of hydrogen-bond acceptors (Lipinski definition) is 3. The van der Waals surface area contributed by atoms with Crippen LogP contribution in [0.4, 0.5) is 5.69 Å². The fraction of sp³-hybridized carbons (Fsp3) is 0.312. The molecule has 0 atom stereocenters. The Balaban J connectivity index is 1.57. The summed E-state index contributed by atoms with van der Waals surface area (Å²) in [6.07, 6.45) is 1.86. The van der Waals surface area contributed by atoms with Gasteiger partial charge in [0.2, 0.25) is 0 Å². The molecule has 20 heavy (non-hydrogen) atoms. The zero-order valence-corrected chi connectivity index (χ0v) is 12.1. The highest BCUT2D eigenvalue weighted by atomic mass is 35.5. The van der Waals surface area contributed by atoms with Crippen molar-refractivity contribution in [1.29, 1.82) is 0 Å². The molecule has 0 radical (unpaired) electrons. The zero-order chi connectivity index (χ0) is 13.8. The number of benzene rings is 1. The Bertz CT molecular complexity index is 551. The SMILES string of the molecule is Clc1cccc(N2CCN(Cc3ccccn3)CC2)c1. The summed E-state index contributed by atoms with van der Waals surface area (Å²) in [6.45, 7) is 5.12. The van der Waals surface area contributed by atoms with E-state index in [2.05, 4.69) is 26.9 Å². The van der Waals surface area contributed by atoms with Crippen molar-refractivity contribution in [2.45, 2.75) is 6.54 Å². The Labute approximate surface area is 124 Å². The smallest absolute Gasteiger partial charge is 0.0543 e. The molecule has 0 spiro atoms. The second kappa shape index (κ2) is 6.25. The molecule has 1 saturated heterocycles. The number of rotatable bonds is 3. The van der Waals surface area contributed by atoms with E-state index in [1.807, 2.05) is 36.5 Å². The lowest BCUT2D eigenvalue weighted by molar-refractivity contribution is 0.247. The van der Waals surface area contributed by atoms with E-state index < -0.39 is 0 Å². The van der Waals surface area contributed by atoms with Gasteiger partial charge < -0.3 is 4.90 Å². The number of anilines is 1. The van der Waals surface area contributed by atoms with Crippen molar-refractivity contribution in [2.75, 3.05) is 31.1 Å². The van der Waals surface area contributed by atoms with Crippen LogP contribution < -0.4 is 4.90 Å². The molecule has 3 rings (SSSR count). The molecule has 4 heteroatoms. The van der Waals surface area contributed by atoms with Gasteiger partial charge in [-0.3, -0.25) is 9.88 Å². The number of hydrogen-bond donors (Lipinski definition) is 0. The molecule has 3 nitrogen and oxygen atoms in total. The molecule has 104 valence electrons. The molecular formula is C16H18ClN3. The molecule has 0 N–H and O–H groups in total. The topological polar surface area (TPSA) is 19.4 Å². The van der Waals surface area contributed by atoms with Crippen LogP contribution in [0.1, 0.15) is 5.69 Å². The third kappa shape index (κ3) is 3.30. The largest absolute Gasteiger partial charge is 0.369 e. The standard InChI is InChI=1S/C16H18ClN3/c17-14-4-3-6-16(12-14)20-10-8-19(9-11-20)13-15-5-1-2-7-18-15/h1-7,12H,8-11,13H2. The lowest BCUT2D eigenvalue weighted by Crippen LogP contribution is -2.46. The Morgan fingerprint density at radius 1 is 1.00 bits per heavy atom. The van der Waals surface area contributed by atoms with Crippen molar-refractivity contribution in [2.24, 2.45) is 0 Å². The van der Waals surface area contributed by atoms with Crippen molar-refractivity contribution in [1.82, 2.24) is 9.88 Å². The quantitative estimate of drug-likeness (QED) is 0.865. The molecule has 0 amide bonds. The van der Waals surface area contributed by atoms with Gasteiger partial charge in [0, 0.05) is 49.6 Å². The number of piperazine rings is 1. The molecule has 1 aliphatic heterocycles. The van der Waals surface area contributed by atoms with E-state index in [4.69, 9.17) is 11.6 Å². The van der Waals surface area contributed by atoms with Crippen molar-refractivity contribution in [3.8, 4) is 0 Å². The van der Waals surface area contributed by atoms with Crippen LogP contribution in [-0.4, -0.2) is 36.1 Å². The summed E-state index contributed by atoms with van der Waals surface area (Å²) < 4.78 is 0. The number of nitrogens with zero attached hydrogens (tertiary/aromatic N) is 3. The molecule has 1 aliphatic rings. The Morgan fingerprint density at radius 2 is 1.85 bits per heavy atom. The first-order valence-electron chi connectivity index (χ1n) is 6.94. The molecule has 1 aromatic carbocycles. The van der Waals surface area contributed by atoms with E-state index in [-0.39, 0.29) is 0 Å². The fourth-order valence-corrected chi connectivity index (χ4v) is 2.74. The van der Waals surface area contributed by atoms with Crippen LogP contribution in [0.2, 0.25) is 5.02 Å². The van der Waals surface area contributed by atoms with E-state index in [0.717, 1.165) is 43.4 Å². The molecule has 1 fully saturated rings. The maximum Gasteiger partial charge on any atom is 0.0543 e. The molecule has 0 saturated carbocycles. The Morgan fingerprint density at radius 3 is 2.55 bits per heavy atom. The second-order valence-corrected chi connectivity index (χ2v) is 5.50. The molecular weight excluding hydrogens is 270 g/mol. The normalized spacial score (nSPS) is 16.4. The van der Waals surface area contributed by atoms with E-state index in [0.29, 0.717) is 0 Å². The number of halogens is 1. The minimum Gasteiger partial charge on any atom is -0.369 e. The van der Waals surface area contributed by atoms with Crippen LogP contribution in [0.25, 0.3) is 0 Å². The van der Waals surface area contributed by atoms with Gasteiger partial charge in [0.25, 0.3) is 0 Å². The van der Waals surface area contributed by atoms with E-state index in [9.17, 15) is 0 Å². The second-order valence-electron chi connectivity index (χ2n) is 5.06. The van der Waals surface area contributed by atoms with E-state index >= 15 is 0 Å². The van der Waals surface area contributed by atoms with Crippen LogP contribution in [0.15, 0.2) is 48.7 Å². The van der Waals surface area contributed by atoms with Gasteiger partial charge >= 0.3 is 0 Å². The first kappa shape index (κ1) is 13.4. The van der Waals surface area contributed by atoms with Gasteiger partial charge in [-0.2, -0.15) is 0 Å². The van der Waals surface area contributed by atoms with E-state index in [1.54, 1.807) is 0 Å². The molecule has 2 aromatic rings. The number of aromatic nitrogens is 1. The monoisotopic (exact) mass is 287 g/mol. The Kier molecular flexibility index (Phi) is 4.19. The maximum absolute atomic E-state index is 6.05. The van der Waals surface area contributed by atoms with E-state index in [1.165, 1.54) is 5.69 Å².